The van der Waals surface area contributed by atoms with E-state index in [1.54, 1.807) is 0 Å². The molecule has 1 rings (SSSR count). The van der Waals surface area contributed by atoms with Crippen LogP contribution in [0.3, 0.4) is 0 Å². The minimum absolute atomic E-state index is 0.171. The van der Waals surface area contributed by atoms with Crippen LogP contribution in [0.25, 0.3) is 0 Å². The summed E-state index contributed by atoms with van der Waals surface area (Å²) in [5, 5.41) is 8.74. The van der Waals surface area contributed by atoms with Gasteiger partial charge in [-0.1, -0.05) is 6.08 Å². The smallest absolute Gasteiger partial charge is 0.158 e. The van der Waals surface area contributed by atoms with Gasteiger partial charge < -0.3 is 5.11 Å². The fourth-order valence-electron chi connectivity index (χ4n) is 1.19. The van der Waals surface area contributed by atoms with Crippen molar-refractivity contribution in [3.8, 4) is 0 Å². The largest absolute Gasteiger partial charge is 0.396 e. The van der Waals surface area contributed by atoms with Crippen molar-refractivity contribution in [2.75, 3.05) is 6.61 Å². The van der Waals surface area contributed by atoms with E-state index in [2.05, 4.69) is 0 Å². The average Bonchev–Trinajstić information content (AvgIpc) is 1.95. The minimum Gasteiger partial charge on any atom is -0.396 e. The van der Waals surface area contributed by atoms with E-state index in [4.69, 9.17) is 5.11 Å². The van der Waals surface area contributed by atoms with Crippen molar-refractivity contribution in [1.82, 2.24) is 0 Å². The predicted octanol–water partition coefficient (Wildman–Crippen LogP) is 0.904. The fraction of sp³-hybridized carbons (Fsp3) is 0.625. The molecule has 0 spiro atoms. The first kappa shape index (κ1) is 7.48. The molecular weight excluding hydrogens is 128 g/mol. The van der Waals surface area contributed by atoms with Gasteiger partial charge in [-0.3, -0.25) is 4.79 Å². The number of hydrogen-bond acceptors (Lipinski definition) is 2. The van der Waals surface area contributed by atoms with E-state index < -0.39 is 0 Å². The lowest BCUT2D eigenvalue weighted by Gasteiger charge is -2.15. The van der Waals surface area contributed by atoms with Gasteiger partial charge >= 0.3 is 0 Å². The lowest BCUT2D eigenvalue weighted by atomic mass is 9.91. The van der Waals surface area contributed by atoms with Crippen LogP contribution in [0.1, 0.15) is 19.8 Å². The molecule has 0 saturated heterocycles. The average molecular weight is 140 g/mol. The molecule has 1 unspecified atom stereocenters. The van der Waals surface area contributed by atoms with Crippen LogP contribution in [-0.2, 0) is 4.79 Å². The van der Waals surface area contributed by atoms with Crippen LogP contribution in [0.2, 0.25) is 0 Å². The zero-order chi connectivity index (χ0) is 7.56. The summed E-state index contributed by atoms with van der Waals surface area (Å²) in [6.45, 7) is 1.98. The van der Waals surface area contributed by atoms with Crippen molar-refractivity contribution in [2.24, 2.45) is 5.92 Å². The van der Waals surface area contributed by atoms with Crippen molar-refractivity contribution in [3.63, 3.8) is 0 Å². The third kappa shape index (κ3) is 1.45. The molecule has 0 saturated carbocycles. The van der Waals surface area contributed by atoms with E-state index in [-0.39, 0.29) is 18.3 Å². The van der Waals surface area contributed by atoms with Gasteiger partial charge in [0.05, 0.1) is 0 Å². The lowest BCUT2D eigenvalue weighted by molar-refractivity contribution is -0.116. The van der Waals surface area contributed by atoms with E-state index in [1.807, 2.05) is 13.0 Å². The van der Waals surface area contributed by atoms with E-state index in [9.17, 15) is 4.79 Å². The molecule has 2 nitrogen and oxygen atoms in total. The molecule has 0 heterocycles. The van der Waals surface area contributed by atoms with Gasteiger partial charge in [0.1, 0.15) is 0 Å². The van der Waals surface area contributed by atoms with Crippen LogP contribution in [0.4, 0.5) is 0 Å². The van der Waals surface area contributed by atoms with E-state index in [0.29, 0.717) is 6.42 Å². The molecule has 1 aliphatic rings. The topological polar surface area (TPSA) is 37.3 Å². The number of rotatable bonds is 1. The van der Waals surface area contributed by atoms with Gasteiger partial charge in [0.15, 0.2) is 5.78 Å². The van der Waals surface area contributed by atoms with Crippen LogP contribution < -0.4 is 0 Å². The van der Waals surface area contributed by atoms with Crippen molar-refractivity contribution < 1.29 is 9.90 Å². The first-order valence-electron chi connectivity index (χ1n) is 3.56. The Hall–Kier alpha value is -0.630. The number of aliphatic hydroxyl groups is 1. The number of carbonyl (C=O) groups is 1. The van der Waals surface area contributed by atoms with Gasteiger partial charge in [-0.05, 0) is 18.9 Å². The second-order valence-electron chi connectivity index (χ2n) is 2.75. The first-order chi connectivity index (χ1) is 4.74. The summed E-state index contributed by atoms with van der Waals surface area (Å²) in [4.78, 5) is 10.9. The Morgan fingerprint density at radius 1 is 1.80 bits per heavy atom. The van der Waals surface area contributed by atoms with Gasteiger partial charge in [0.2, 0.25) is 0 Å². The number of hydrogen-bond donors (Lipinski definition) is 1. The standard InChI is InChI=1S/C8H12O2/c1-6-4-7(5-9)2-3-8(6)10/h4,7,9H,2-3,5H2,1H3. The summed E-state index contributed by atoms with van der Waals surface area (Å²) in [7, 11) is 0. The third-order valence-electron chi connectivity index (χ3n) is 1.90. The molecule has 0 bridgehead atoms. The fourth-order valence-corrected chi connectivity index (χ4v) is 1.19. The third-order valence-corrected chi connectivity index (χ3v) is 1.90. The number of aliphatic hydroxyl groups excluding tert-OH is 1. The van der Waals surface area contributed by atoms with Crippen molar-refractivity contribution in [2.45, 2.75) is 19.8 Å². The first-order valence-corrected chi connectivity index (χ1v) is 3.56. The molecular formula is C8H12O2. The highest BCUT2D eigenvalue weighted by Crippen LogP contribution is 2.18. The maximum absolute atomic E-state index is 10.9. The zero-order valence-electron chi connectivity index (χ0n) is 6.13. The Bertz CT molecular complexity index is 170. The van der Waals surface area contributed by atoms with Crippen LogP contribution in [0, 0.1) is 5.92 Å². The molecule has 0 aliphatic heterocycles. The quantitative estimate of drug-likeness (QED) is 0.587. The van der Waals surface area contributed by atoms with Gasteiger partial charge in [-0.15, -0.1) is 0 Å². The Labute approximate surface area is 60.6 Å². The molecule has 10 heavy (non-hydrogen) atoms. The number of carbonyl (C=O) groups excluding carboxylic acids is 1. The molecule has 0 radical (unpaired) electrons. The number of allylic oxidation sites excluding steroid dienone is 1. The Kier molecular flexibility index (Phi) is 2.22. The van der Waals surface area contributed by atoms with E-state index >= 15 is 0 Å². The van der Waals surface area contributed by atoms with E-state index in [1.165, 1.54) is 0 Å². The summed E-state index contributed by atoms with van der Waals surface area (Å²) < 4.78 is 0. The molecule has 0 aromatic heterocycles. The minimum atomic E-state index is 0.171. The van der Waals surface area contributed by atoms with Crippen molar-refractivity contribution in [3.05, 3.63) is 11.6 Å². The zero-order valence-corrected chi connectivity index (χ0v) is 6.13. The molecule has 0 amide bonds. The molecule has 0 aromatic rings. The summed E-state index contributed by atoms with van der Waals surface area (Å²) in [5.74, 6) is 0.447. The van der Waals surface area contributed by atoms with Gasteiger partial charge in [-0.25, -0.2) is 0 Å². The highest BCUT2D eigenvalue weighted by molar-refractivity contribution is 5.95. The maximum Gasteiger partial charge on any atom is 0.158 e. The highest BCUT2D eigenvalue weighted by atomic mass is 16.3. The van der Waals surface area contributed by atoms with Crippen molar-refractivity contribution in [1.29, 1.82) is 0 Å². The number of ketones is 1. The van der Waals surface area contributed by atoms with Crippen LogP contribution in [-0.4, -0.2) is 17.5 Å². The second kappa shape index (κ2) is 2.97. The molecule has 1 atom stereocenters. The van der Waals surface area contributed by atoms with Crippen LogP contribution >= 0.6 is 0 Å². The molecule has 0 fully saturated rings. The predicted molar refractivity (Wildman–Crippen MR) is 38.6 cm³/mol. The summed E-state index contributed by atoms with van der Waals surface area (Å²) in [5.41, 5.74) is 0.810. The molecule has 2 heteroatoms. The summed E-state index contributed by atoms with van der Waals surface area (Å²) in [6.07, 6.45) is 3.28. The molecule has 56 valence electrons. The summed E-state index contributed by atoms with van der Waals surface area (Å²) in [6, 6.07) is 0. The SMILES string of the molecule is CC1=CC(CO)CCC1=O. The second-order valence-corrected chi connectivity index (χ2v) is 2.75. The maximum atomic E-state index is 10.9. The molecule has 1 N–H and O–H groups in total. The van der Waals surface area contributed by atoms with E-state index in [0.717, 1.165) is 12.0 Å². The highest BCUT2D eigenvalue weighted by Gasteiger charge is 2.15. The van der Waals surface area contributed by atoms with Crippen LogP contribution in [0.15, 0.2) is 11.6 Å². The Balaban J connectivity index is 2.65. The van der Waals surface area contributed by atoms with Gasteiger partial charge in [0, 0.05) is 18.9 Å². The summed E-state index contributed by atoms with van der Waals surface area (Å²) >= 11 is 0. The van der Waals surface area contributed by atoms with Crippen molar-refractivity contribution >= 4 is 5.78 Å². The monoisotopic (exact) mass is 140 g/mol. The van der Waals surface area contributed by atoms with Gasteiger partial charge in [0.25, 0.3) is 0 Å². The van der Waals surface area contributed by atoms with Gasteiger partial charge in [-0.2, -0.15) is 0 Å². The normalized spacial score (nSPS) is 26.4. The Morgan fingerprint density at radius 2 is 2.50 bits per heavy atom. The number of Topliss-reactive ketones (excluding diaryl/α,β-unsaturated/α-hetero) is 1. The molecule has 0 aromatic carbocycles. The van der Waals surface area contributed by atoms with Crippen LogP contribution in [0.5, 0.6) is 0 Å². The lowest BCUT2D eigenvalue weighted by Crippen LogP contribution is -2.14. The Morgan fingerprint density at radius 3 is 3.00 bits per heavy atom. The molecule has 1 aliphatic carbocycles.